The predicted octanol–water partition coefficient (Wildman–Crippen LogP) is 4.82. The number of hydrogen-bond acceptors (Lipinski definition) is 4. The van der Waals surface area contributed by atoms with E-state index in [1.807, 2.05) is 0 Å². The van der Waals surface area contributed by atoms with E-state index in [0.717, 1.165) is 18.2 Å². The van der Waals surface area contributed by atoms with Gasteiger partial charge in [0.1, 0.15) is 17.3 Å². The zero-order valence-electron chi connectivity index (χ0n) is 18.7. The molecule has 0 amide bonds. The Morgan fingerprint density at radius 3 is 2.30 bits per heavy atom. The fourth-order valence-electron chi connectivity index (χ4n) is 4.11. The molecule has 0 spiro atoms. The number of alkyl halides is 3. The maximum absolute atomic E-state index is 14.3. The van der Waals surface area contributed by atoms with Crippen molar-refractivity contribution in [1.82, 2.24) is 4.57 Å². The molecule has 9 heteroatoms. The second kappa shape index (κ2) is 8.70. The van der Waals surface area contributed by atoms with E-state index in [2.05, 4.69) is 0 Å². The van der Waals surface area contributed by atoms with Gasteiger partial charge in [-0.05, 0) is 42.2 Å². The van der Waals surface area contributed by atoms with Crippen molar-refractivity contribution in [3.8, 4) is 11.5 Å². The topological polar surface area (TPSA) is 60.7 Å². The average Bonchev–Trinajstić information content (AvgIpc) is 2.74. The lowest BCUT2D eigenvalue weighted by atomic mass is 9.74. The Bertz CT molecular complexity index is 1220. The fourth-order valence-corrected chi connectivity index (χ4v) is 4.11. The first kappa shape index (κ1) is 24.6. The van der Waals surface area contributed by atoms with Crippen LogP contribution in [0.5, 0.6) is 11.5 Å². The van der Waals surface area contributed by atoms with Gasteiger partial charge in [-0.2, -0.15) is 13.2 Å². The predicted molar refractivity (Wildman–Crippen MR) is 116 cm³/mol. The molecule has 3 aromatic rings. The van der Waals surface area contributed by atoms with Gasteiger partial charge in [-0.1, -0.05) is 13.8 Å². The number of aliphatic hydroxyl groups is 1. The standard InChI is InChI=1S/C24H25F4NO4/c1-22(2,18-11-15(25)5-8-21(18)33-4)13-23(31,24(26,27)28)14-29-10-9-20(30)17-7-6-16(32-3)12-19(17)29/h5-12,31H,13-14H2,1-4H3. The van der Waals surface area contributed by atoms with Crippen LogP contribution in [0.3, 0.4) is 0 Å². The summed E-state index contributed by atoms with van der Waals surface area (Å²) in [7, 11) is 2.73. The normalized spacial score (nSPS) is 14.2. The molecule has 0 aliphatic carbocycles. The van der Waals surface area contributed by atoms with Crippen LogP contribution in [0.15, 0.2) is 53.5 Å². The van der Waals surface area contributed by atoms with Gasteiger partial charge in [-0.25, -0.2) is 4.39 Å². The minimum atomic E-state index is -5.03. The number of benzene rings is 2. The fraction of sp³-hybridized carbons (Fsp3) is 0.375. The summed E-state index contributed by atoms with van der Waals surface area (Å²) in [6, 6.07) is 9.16. The number of methoxy groups -OCH3 is 2. The van der Waals surface area contributed by atoms with Crippen LogP contribution in [0.4, 0.5) is 17.6 Å². The molecule has 0 fully saturated rings. The van der Waals surface area contributed by atoms with E-state index in [4.69, 9.17) is 9.47 Å². The summed E-state index contributed by atoms with van der Waals surface area (Å²) in [5.41, 5.74) is -4.53. The Hall–Kier alpha value is -3.07. The van der Waals surface area contributed by atoms with Crippen molar-refractivity contribution < 1.29 is 32.1 Å². The highest BCUT2D eigenvalue weighted by Crippen LogP contribution is 2.44. The Morgan fingerprint density at radius 2 is 1.70 bits per heavy atom. The molecule has 2 aromatic carbocycles. The molecule has 0 saturated carbocycles. The van der Waals surface area contributed by atoms with Crippen molar-refractivity contribution >= 4 is 10.9 Å². The molecule has 1 heterocycles. The van der Waals surface area contributed by atoms with Gasteiger partial charge < -0.3 is 19.1 Å². The van der Waals surface area contributed by atoms with E-state index in [1.54, 1.807) is 0 Å². The van der Waals surface area contributed by atoms with E-state index in [-0.39, 0.29) is 27.6 Å². The number of nitrogens with zero attached hydrogens (tertiary/aromatic N) is 1. The quantitative estimate of drug-likeness (QED) is 0.507. The number of hydrogen-bond donors (Lipinski definition) is 1. The monoisotopic (exact) mass is 467 g/mol. The second-order valence-corrected chi connectivity index (χ2v) is 8.63. The third-order valence-electron chi connectivity index (χ3n) is 5.77. The molecule has 5 nitrogen and oxygen atoms in total. The van der Waals surface area contributed by atoms with Crippen LogP contribution in [-0.2, 0) is 12.0 Å². The van der Waals surface area contributed by atoms with Crippen LogP contribution in [0.1, 0.15) is 25.8 Å². The zero-order chi connectivity index (χ0) is 24.6. The first-order valence-electron chi connectivity index (χ1n) is 10.1. The van der Waals surface area contributed by atoms with E-state index < -0.39 is 36.0 Å². The van der Waals surface area contributed by atoms with Gasteiger partial charge in [0, 0.05) is 29.3 Å². The average molecular weight is 467 g/mol. The van der Waals surface area contributed by atoms with Gasteiger partial charge in [0.05, 0.1) is 26.3 Å². The molecule has 0 aliphatic heterocycles. The Kier molecular flexibility index (Phi) is 6.48. The minimum absolute atomic E-state index is 0.186. The van der Waals surface area contributed by atoms with Crippen LogP contribution in [-0.4, -0.2) is 35.7 Å². The first-order chi connectivity index (χ1) is 15.3. The van der Waals surface area contributed by atoms with Gasteiger partial charge in [-0.15, -0.1) is 0 Å². The van der Waals surface area contributed by atoms with Gasteiger partial charge >= 0.3 is 6.18 Å². The second-order valence-electron chi connectivity index (χ2n) is 8.63. The highest BCUT2D eigenvalue weighted by molar-refractivity contribution is 5.80. The van der Waals surface area contributed by atoms with Crippen LogP contribution in [0.2, 0.25) is 0 Å². The third kappa shape index (κ3) is 4.83. The maximum atomic E-state index is 14.3. The summed E-state index contributed by atoms with van der Waals surface area (Å²) in [5, 5.41) is 11.2. The highest BCUT2D eigenvalue weighted by atomic mass is 19.4. The van der Waals surface area contributed by atoms with Crippen LogP contribution < -0.4 is 14.9 Å². The largest absolute Gasteiger partial charge is 0.497 e. The molecule has 1 aromatic heterocycles. The van der Waals surface area contributed by atoms with Gasteiger partial charge in [0.2, 0.25) is 0 Å². The van der Waals surface area contributed by atoms with Gasteiger partial charge in [-0.3, -0.25) is 4.79 Å². The molecule has 0 saturated heterocycles. The molecular formula is C24H25F4NO4. The lowest BCUT2D eigenvalue weighted by molar-refractivity contribution is -0.271. The molecule has 0 radical (unpaired) electrons. The number of ether oxygens (including phenoxy) is 2. The number of pyridine rings is 1. The molecular weight excluding hydrogens is 442 g/mol. The molecule has 0 aliphatic rings. The molecule has 1 atom stereocenters. The lowest BCUT2D eigenvalue weighted by Gasteiger charge is -2.39. The summed E-state index contributed by atoms with van der Waals surface area (Å²) in [6.45, 7) is 2.07. The van der Waals surface area contributed by atoms with Crippen LogP contribution >= 0.6 is 0 Å². The summed E-state index contributed by atoms with van der Waals surface area (Å²) in [4.78, 5) is 12.2. The summed E-state index contributed by atoms with van der Waals surface area (Å²) in [5.74, 6) is -0.0698. The molecule has 1 N–H and O–H groups in total. The lowest BCUT2D eigenvalue weighted by Crippen LogP contribution is -2.52. The van der Waals surface area contributed by atoms with Gasteiger partial charge in [0.25, 0.3) is 0 Å². The third-order valence-corrected chi connectivity index (χ3v) is 5.77. The summed E-state index contributed by atoms with van der Waals surface area (Å²) in [6.07, 6.45) is -4.61. The molecule has 33 heavy (non-hydrogen) atoms. The van der Waals surface area contributed by atoms with Crippen molar-refractivity contribution in [1.29, 1.82) is 0 Å². The molecule has 0 bridgehead atoms. The van der Waals surface area contributed by atoms with Crippen LogP contribution in [0.25, 0.3) is 10.9 Å². The van der Waals surface area contributed by atoms with E-state index >= 15 is 0 Å². The molecule has 1 unspecified atom stereocenters. The Labute approximate surface area is 188 Å². The number of aromatic nitrogens is 1. The van der Waals surface area contributed by atoms with Crippen molar-refractivity contribution in [3.05, 3.63) is 70.3 Å². The van der Waals surface area contributed by atoms with Crippen molar-refractivity contribution in [3.63, 3.8) is 0 Å². The molecule has 3 rings (SSSR count). The smallest absolute Gasteiger partial charge is 0.418 e. The number of rotatable bonds is 7. The minimum Gasteiger partial charge on any atom is -0.497 e. The van der Waals surface area contributed by atoms with Crippen molar-refractivity contribution in [2.45, 2.75) is 44.0 Å². The SMILES string of the molecule is COc1ccc2c(=O)ccn(CC(O)(CC(C)(C)c3cc(F)ccc3OC)C(F)(F)F)c2c1. The zero-order valence-corrected chi connectivity index (χ0v) is 18.7. The maximum Gasteiger partial charge on any atom is 0.418 e. The molecule has 178 valence electrons. The Morgan fingerprint density at radius 1 is 1.00 bits per heavy atom. The van der Waals surface area contributed by atoms with E-state index in [9.17, 15) is 27.5 Å². The van der Waals surface area contributed by atoms with E-state index in [0.29, 0.717) is 5.75 Å². The number of halogens is 4. The number of fused-ring (bicyclic) bond motifs is 1. The van der Waals surface area contributed by atoms with Crippen molar-refractivity contribution in [2.24, 2.45) is 0 Å². The highest BCUT2D eigenvalue weighted by Gasteiger charge is 2.56. The van der Waals surface area contributed by atoms with E-state index in [1.165, 1.54) is 63.1 Å². The van der Waals surface area contributed by atoms with Crippen molar-refractivity contribution in [2.75, 3.05) is 14.2 Å². The summed E-state index contributed by atoms with van der Waals surface area (Å²) < 4.78 is 68.3. The summed E-state index contributed by atoms with van der Waals surface area (Å²) >= 11 is 0. The first-order valence-corrected chi connectivity index (χ1v) is 10.1. The van der Waals surface area contributed by atoms with Gasteiger partial charge in [0.15, 0.2) is 11.0 Å². The Balaban J connectivity index is 2.11. The van der Waals surface area contributed by atoms with Crippen LogP contribution in [0, 0.1) is 5.82 Å².